The van der Waals surface area contributed by atoms with E-state index in [4.69, 9.17) is 4.74 Å². The van der Waals surface area contributed by atoms with Gasteiger partial charge in [0.1, 0.15) is 0 Å². The number of nitro groups is 1. The Hall–Kier alpha value is -3.45. The first-order valence-corrected chi connectivity index (χ1v) is 9.58. The summed E-state index contributed by atoms with van der Waals surface area (Å²) in [5.74, 6) is -0.411. The number of thiophene rings is 1. The van der Waals surface area contributed by atoms with Gasteiger partial charge in [-0.1, -0.05) is 24.3 Å². The van der Waals surface area contributed by atoms with E-state index in [-0.39, 0.29) is 12.3 Å². The monoisotopic (exact) mass is 392 g/mol. The Kier molecular flexibility index (Phi) is 4.67. The van der Waals surface area contributed by atoms with Crippen molar-refractivity contribution in [1.82, 2.24) is 4.40 Å². The molecule has 0 saturated carbocycles. The van der Waals surface area contributed by atoms with Gasteiger partial charge >= 0.3 is 5.97 Å². The van der Waals surface area contributed by atoms with Gasteiger partial charge in [0.15, 0.2) is 0 Å². The molecule has 3 aromatic heterocycles. The van der Waals surface area contributed by atoms with Gasteiger partial charge in [-0.05, 0) is 30.5 Å². The third-order valence-corrected chi connectivity index (χ3v) is 5.31. The molecule has 0 radical (unpaired) electrons. The quantitative estimate of drug-likeness (QED) is 0.258. The molecule has 0 fully saturated rings. The Bertz CT molecular complexity index is 1180. The molecule has 4 aromatic rings. The van der Waals surface area contributed by atoms with Crippen molar-refractivity contribution in [3.05, 3.63) is 81.9 Å². The molecule has 0 aliphatic rings. The lowest BCUT2D eigenvalue weighted by Gasteiger charge is -2.07. The summed E-state index contributed by atoms with van der Waals surface area (Å²) in [6.45, 7) is 2.03. The zero-order valence-corrected chi connectivity index (χ0v) is 15.8. The molecule has 140 valence electrons. The number of carbonyl (C=O) groups excluding carboxylic acids is 1. The summed E-state index contributed by atoms with van der Waals surface area (Å²) in [5.41, 5.74) is 3.27. The first kappa shape index (κ1) is 17.9. The predicted molar refractivity (Wildman–Crippen MR) is 109 cm³/mol. The molecule has 1 aromatic carbocycles. The third kappa shape index (κ3) is 2.95. The molecule has 0 amide bonds. The highest BCUT2D eigenvalue weighted by Gasteiger charge is 2.27. The zero-order valence-electron chi connectivity index (χ0n) is 15.0. The summed E-state index contributed by atoms with van der Waals surface area (Å²) in [7, 11) is 0. The van der Waals surface area contributed by atoms with E-state index < -0.39 is 10.9 Å². The van der Waals surface area contributed by atoms with Crippen molar-refractivity contribution in [3.63, 3.8) is 0 Å². The van der Waals surface area contributed by atoms with Crippen molar-refractivity contribution in [2.24, 2.45) is 0 Å². The lowest BCUT2D eigenvalue weighted by molar-refractivity contribution is -0.384. The number of aromatic nitrogens is 1. The lowest BCUT2D eigenvalue weighted by atomic mass is 10.0. The summed E-state index contributed by atoms with van der Waals surface area (Å²) in [6, 6.07) is 15.9. The molecule has 0 unspecified atom stereocenters. The Balaban J connectivity index is 2.11. The number of carbonyl (C=O) groups is 1. The van der Waals surface area contributed by atoms with E-state index in [2.05, 4.69) is 0 Å². The van der Waals surface area contributed by atoms with Crippen LogP contribution in [0.25, 0.3) is 27.2 Å². The molecule has 3 heterocycles. The molecule has 0 spiro atoms. The number of benzene rings is 1. The van der Waals surface area contributed by atoms with E-state index in [1.807, 2.05) is 52.4 Å². The molecule has 0 saturated heterocycles. The van der Waals surface area contributed by atoms with Crippen LogP contribution in [-0.4, -0.2) is 21.9 Å². The molecule has 0 N–H and O–H groups in total. The van der Waals surface area contributed by atoms with Crippen LogP contribution in [0, 0.1) is 10.1 Å². The molecule has 6 nitrogen and oxygen atoms in total. The van der Waals surface area contributed by atoms with Crippen LogP contribution in [0.3, 0.4) is 0 Å². The van der Waals surface area contributed by atoms with Crippen molar-refractivity contribution in [3.8, 4) is 21.7 Å². The number of esters is 1. The highest BCUT2D eigenvalue weighted by Crippen LogP contribution is 2.42. The molecule has 4 rings (SSSR count). The average molecular weight is 392 g/mol. The van der Waals surface area contributed by atoms with Gasteiger partial charge in [0.05, 0.1) is 28.3 Å². The maximum atomic E-state index is 12.9. The highest BCUT2D eigenvalue weighted by molar-refractivity contribution is 7.13. The van der Waals surface area contributed by atoms with Gasteiger partial charge < -0.3 is 9.14 Å². The number of ether oxygens (including phenoxy) is 1. The molecular formula is C21H16N2O4S. The Morgan fingerprint density at radius 1 is 1.18 bits per heavy atom. The summed E-state index contributed by atoms with van der Waals surface area (Å²) >= 11 is 1.51. The second kappa shape index (κ2) is 7.28. The van der Waals surface area contributed by atoms with Crippen molar-refractivity contribution in [2.45, 2.75) is 6.92 Å². The fraction of sp³-hybridized carbons (Fsp3) is 0.0952. The topological polar surface area (TPSA) is 73.8 Å². The molecule has 0 aliphatic carbocycles. The molecule has 0 bridgehead atoms. The Labute approximate surface area is 164 Å². The number of pyridine rings is 1. The zero-order chi connectivity index (χ0) is 19.7. The number of nitrogens with zero attached hydrogens (tertiary/aromatic N) is 2. The van der Waals surface area contributed by atoms with E-state index in [1.54, 1.807) is 13.0 Å². The maximum absolute atomic E-state index is 12.9. The van der Waals surface area contributed by atoms with E-state index in [0.717, 1.165) is 16.1 Å². The summed E-state index contributed by atoms with van der Waals surface area (Å²) < 4.78 is 7.22. The number of non-ortho nitro benzene ring substituents is 1. The predicted octanol–water partition coefficient (Wildman–Crippen LogP) is 5.42. The van der Waals surface area contributed by atoms with Crippen molar-refractivity contribution < 1.29 is 14.5 Å². The normalized spacial score (nSPS) is 10.9. The van der Waals surface area contributed by atoms with Crippen molar-refractivity contribution in [1.29, 1.82) is 0 Å². The second-order valence-corrected chi connectivity index (χ2v) is 7.01. The molecule has 28 heavy (non-hydrogen) atoms. The molecular weight excluding hydrogens is 376 g/mol. The van der Waals surface area contributed by atoms with E-state index in [1.165, 1.54) is 23.5 Å². The number of hydrogen-bond donors (Lipinski definition) is 0. The first-order valence-electron chi connectivity index (χ1n) is 8.70. The maximum Gasteiger partial charge on any atom is 0.341 e. The second-order valence-electron chi connectivity index (χ2n) is 6.06. The van der Waals surface area contributed by atoms with Gasteiger partial charge in [-0.2, -0.15) is 0 Å². The van der Waals surface area contributed by atoms with Crippen LogP contribution in [0.4, 0.5) is 5.69 Å². The van der Waals surface area contributed by atoms with Crippen LogP contribution in [-0.2, 0) is 4.74 Å². The van der Waals surface area contributed by atoms with Gasteiger partial charge in [0.25, 0.3) is 5.69 Å². The van der Waals surface area contributed by atoms with E-state index in [9.17, 15) is 14.9 Å². The van der Waals surface area contributed by atoms with Gasteiger partial charge in [-0.25, -0.2) is 4.79 Å². The fourth-order valence-electron chi connectivity index (χ4n) is 3.33. The third-order valence-electron chi connectivity index (χ3n) is 4.42. The number of fused-ring (bicyclic) bond motifs is 1. The Morgan fingerprint density at radius 2 is 2.04 bits per heavy atom. The minimum atomic E-state index is -0.420. The lowest BCUT2D eigenvalue weighted by Crippen LogP contribution is -2.05. The van der Waals surface area contributed by atoms with Gasteiger partial charge in [0, 0.05) is 34.3 Å². The SMILES string of the molecule is CCOC(=O)c1c(-c2cccs2)c(-c2cccc([N+](=O)[O-])c2)n2ccccc12. The van der Waals surface area contributed by atoms with Crippen molar-refractivity contribution in [2.75, 3.05) is 6.61 Å². The standard InChI is InChI=1S/C21H16N2O4S/c1-2-27-21(24)18-16-9-3-4-11-22(16)20(19(18)17-10-6-12-28-17)14-7-5-8-15(13-14)23(25)26/h3-13H,2H2,1H3. The fourth-order valence-corrected chi connectivity index (χ4v) is 4.11. The number of nitro benzene ring substituents is 1. The number of rotatable bonds is 5. The van der Waals surface area contributed by atoms with Gasteiger partial charge in [-0.3, -0.25) is 10.1 Å². The highest BCUT2D eigenvalue weighted by atomic mass is 32.1. The van der Waals surface area contributed by atoms with Crippen LogP contribution < -0.4 is 0 Å². The molecule has 7 heteroatoms. The summed E-state index contributed by atoms with van der Waals surface area (Å²) in [4.78, 5) is 24.6. The minimum absolute atomic E-state index is 0.00167. The van der Waals surface area contributed by atoms with Crippen LogP contribution in [0.1, 0.15) is 17.3 Å². The smallest absolute Gasteiger partial charge is 0.341 e. The van der Waals surface area contributed by atoms with Crippen LogP contribution >= 0.6 is 11.3 Å². The average Bonchev–Trinajstić information content (AvgIpc) is 3.34. The minimum Gasteiger partial charge on any atom is -0.462 e. The van der Waals surface area contributed by atoms with Gasteiger partial charge in [-0.15, -0.1) is 11.3 Å². The first-order chi connectivity index (χ1) is 13.6. The Morgan fingerprint density at radius 3 is 2.75 bits per heavy atom. The van der Waals surface area contributed by atoms with Gasteiger partial charge in [0.2, 0.25) is 0 Å². The largest absolute Gasteiger partial charge is 0.462 e. The van der Waals surface area contributed by atoms with Crippen LogP contribution in [0.5, 0.6) is 0 Å². The number of hydrogen-bond acceptors (Lipinski definition) is 5. The van der Waals surface area contributed by atoms with Crippen molar-refractivity contribution >= 4 is 28.5 Å². The van der Waals surface area contributed by atoms with Crippen LogP contribution in [0.2, 0.25) is 0 Å². The summed E-state index contributed by atoms with van der Waals surface area (Å²) in [5, 5.41) is 13.2. The molecule has 0 aliphatic heterocycles. The van der Waals surface area contributed by atoms with E-state index in [0.29, 0.717) is 16.6 Å². The summed E-state index contributed by atoms with van der Waals surface area (Å²) in [6.07, 6.45) is 1.85. The van der Waals surface area contributed by atoms with Crippen LogP contribution in [0.15, 0.2) is 66.2 Å². The molecule has 0 atom stereocenters. The van der Waals surface area contributed by atoms with E-state index >= 15 is 0 Å².